The molecule has 6 nitrogen and oxygen atoms in total. The zero-order valence-corrected chi connectivity index (χ0v) is 19.5. The van der Waals surface area contributed by atoms with Crippen molar-refractivity contribution < 1.29 is 18.4 Å². The monoisotopic (exact) mass is 502 g/mol. The molecule has 0 aliphatic carbocycles. The van der Waals surface area contributed by atoms with Gasteiger partial charge in [0.1, 0.15) is 17.0 Å². The van der Waals surface area contributed by atoms with E-state index in [2.05, 4.69) is 26.2 Å². The minimum Gasteiger partial charge on any atom is -0.497 e. The highest BCUT2D eigenvalue weighted by molar-refractivity contribution is 9.10. The van der Waals surface area contributed by atoms with Gasteiger partial charge in [-0.15, -0.1) is 0 Å². The number of halogens is 1. The van der Waals surface area contributed by atoms with E-state index >= 15 is 0 Å². The van der Waals surface area contributed by atoms with Crippen LogP contribution in [0.3, 0.4) is 0 Å². The normalized spacial score (nSPS) is 11.0. The van der Waals surface area contributed by atoms with Crippen LogP contribution in [0.2, 0.25) is 0 Å². The van der Waals surface area contributed by atoms with E-state index in [1.807, 2.05) is 67.6 Å². The Labute approximate surface area is 198 Å². The zero-order chi connectivity index (χ0) is 22.9. The third-order valence-electron chi connectivity index (χ3n) is 5.29. The number of ether oxygens (including phenoxy) is 1. The topological polar surface area (TPSA) is 77.5 Å². The predicted octanol–water partition coefficient (Wildman–Crippen LogP) is 7.09. The van der Waals surface area contributed by atoms with E-state index in [1.54, 1.807) is 19.2 Å². The van der Waals surface area contributed by atoms with Crippen molar-refractivity contribution in [2.75, 3.05) is 12.4 Å². The third-order valence-corrected chi connectivity index (χ3v) is 5.81. The molecule has 0 fully saturated rings. The van der Waals surface area contributed by atoms with Gasteiger partial charge in [0.25, 0.3) is 5.91 Å². The van der Waals surface area contributed by atoms with E-state index in [9.17, 15) is 4.79 Å². The molecule has 0 saturated heterocycles. The molecule has 0 atom stereocenters. The Hall–Kier alpha value is -3.84. The molecule has 5 rings (SSSR count). The summed E-state index contributed by atoms with van der Waals surface area (Å²) in [5.74, 6) is 1.69. The summed E-state index contributed by atoms with van der Waals surface area (Å²) in [7, 11) is 1.61. The van der Waals surface area contributed by atoms with Gasteiger partial charge in [0.2, 0.25) is 5.89 Å². The predicted molar refractivity (Wildman–Crippen MR) is 131 cm³/mol. The van der Waals surface area contributed by atoms with Gasteiger partial charge >= 0.3 is 0 Å². The molecule has 1 N–H and O–H groups in total. The van der Waals surface area contributed by atoms with Crippen LogP contribution < -0.4 is 10.1 Å². The first-order chi connectivity index (χ1) is 16.0. The SMILES string of the molecule is COc1ccc2oc(-c3ccc(C)c(NC(=O)c4ccc(-c5ccc(Br)cc5)o4)c3)nc2c1. The van der Waals surface area contributed by atoms with Crippen LogP contribution in [0.5, 0.6) is 5.75 Å². The Morgan fingerprint density at radius 1 is 0.939 bits per heavy atom. The lowest BCUT2D eigenvalue weighted by molar-refractivity contribution is 0.0997. The van der Waals surface area contributed by atoms with Gasteiger partial charge in [0.05, 0.1) is 7.11 Å². The summed E-state index contributed by atoms with van der Waals surface area (Å²) in [6.45, 7) is 1.92. The zero-order valence-electron chi connectivity index (χ0n) is 17.9. The van der Waals surface area contributed by atoms with E-state index in [1.165, 1.54) is 0 Å². The highest BCUT2D eigenvalue weighted by Gasteiger charge is 2.16. The Kier molecular flexibility index (Phi) is 5.48. The number of oxazole rings is 1. The minimum atomic E-state index is -0.332. The van der Waals surface area contributed by atoms with Crippen LogP contribution in [0, 0.1) is 6.92 Å². The average Bonchev–Trinajstić information content (AvgIpc) is 3.48. The molecule has 33 heavy (non-hydrogen) atoms. The number of furan rings is 1. The molecule has 5 aromatic rings. The van der Waals surface area contributed by atoms with E-state index in [0.29, 0.717) is 34.2 Å². The number of hydrogen-bond donors (Lipinski definition) is 1. The molecule has 0 aliphatic rings. The van der Waals surface area contributed by atoms with Crippen molar-refractivity contribution in [3.8, 4) is 28.5 Å². The van der Waals surface area contributed by atoms with Crippen molar-refractivity contribution in [1.29, 1.82) is 0 Å². The number of rotatable bonds is 5. The molecule has 0 bridgehead atoms. The lowest BCUT2D eigenvalue weighted by Crippen LogP contribution is -2.11. The molecule has 0 spiro atoms. The molecular formula is C26H19BrN2O4. The maximum Gasteiger partial charge on any atom is 0.291 e. The number of nitrogens with zero attached hydrogens (tertiary/aromatic N) is 1. The summed E-state index contributed by atoms with van der Waals surface area (Å²) in [4.78, 5) is 17.4. The van der Waals surface area contributed by atoms with Gasteiger partial charge in [-0.25, -0.2) is 4.98 Å². The van der Waals surface area contributed by atoms with Crippen molar-refractivity contribution in [2.24, 2.45) is 0 Å². The standard InChI is InChI=1S/C26H19BrN2O4/c1-15-3-4-17(26-29-21-14-19(31-2)9-10-23(21)33-26)13-20(15)28-25(30)24-12-11-22(32-24)16-5-7-18(27)8-6-16/h3-14H,1-2H3,(H,28,30). The maximum absolute atomic E-state index is 12.9. The number of nitrogens with one attached hydrogen (secondary N) is 1. The van der Waals surface area contributed by atoms with Crippen molar-refractivity contribution >= 4 is 38.6 Å². The molecule has 0 unspecified atom stereocenters. The van der Waals surface area contributed by atoms with Gasteiger partial charge in [-0.05, 0) is 61.0 Å². The molecular weight excluding hydrogens is 484 g/mol. The number of benzene rings is 3. The molecule has 2 heterocycles. The minimum absolute atomic E-state index is 0.228. The second-order valence-electron chi connectivity index (χ2n) is 7.51. The van der Waals surface area contributed by atoms with Gasteiger partial charge in [0, 0.05) is 27.4 Å². The summed E-state index contributed by atoms with van der Waals surface area (Å²) >= 11 is 3.42. The van der Waals surface area contributed by atoms with Gasteiger partial charge < -0.3 is 18.9 Å². The Morgan fingerprint density at radius 3 is 2.52 bits per heavy atom. The molecule has 0 radical (unpaired) electrons. The summed E-state index contributed by atoms with van der Waals surface area (Å²) in [5, 5.41) is 2.93. The average molecular weight is 503 g/mol. The first kappa shape index (κ1) is 21.0. The number of carbonyl (C=O) groups is 1. The van der Waals surface area contributed by atoms with E-state index < -0.39 is 0 Å². The number of fused-ring (bicyclic) bond motifs is 1. The van der Waals surface area contributed by atoms with Gasteiger partial charge in [-0.2, -0.15) is 0 Å². The second kappa shape index (κ2) is 8.60. The lowest BCUT2D eigenvalue weighted by Gasteiger charge is -2.08. The highest BCUT2D eigenvalue weighted by Crippen LogP contribution is 2.30. The third kappa shape index (κ3) is 4.27. The van der Waals surface area contributed by atoms with E-state index in [4.69, 9.17) is 13.6 Å². The van der Waals surface area contributed by atoms with Crippen LogP contribution in [0.25, 0.3) is 33.9 Å². The van der Waals surface area contributed by atoms with Crippen LogP contribution in [0.4, 0.5) is 5.69 Å². The molecule has 0 saturated carbocycles. The van der Waals surface area contributed by atoms with Gasteiger partial charge in [-0.3, -0.25) is 4.79 Å². The van der Waals surface area contributed by atoms with Crippen LogP contribution in [0.1, 0.15) is 16.1 Å². The fraction of sp³-hybridized carbons (Fsp3) is 0.0769. The molecule has 3 aromatic carbocycles. The number of aromatic nitrogens is 1. The number of hydrogen-bond acceptors (Lipinski definition) is 5. The summed E-state index contributed by atoms with van der Waals surface area (Å²) < 4.78 is 17.9. The summed E-state index contributed by atoms with van der Waals surface area (Å²) in [6, 6.07) is 22.3. The Morgan fingerprint density at radius 2 is 1.73 bits per heavy atom. The first-order valence-corrected chi connectivity index (χ1v) is 11.0. The molecule has 0 aliphatic heterocycles. The van der Waals surface area contributed by atoms with Crippen molar-refractivity contribution in [1.82, 2.24) is 4.98 Å². The van der Waals surface area contributed by atoms with E-state index in [-0.39, 0.29) is 11.7 Å². The Balaban J connectivity index is 1.40. The largest absolute Gasteiger partial charge is 0.497 e. The smallest absolute Gasteiger partial charge is 0.291 e. The maximum atomic E-state index is 12.9. The molecule has 1 amide bonds. The number of methoxy groups -OCH3 is 1. The number of amides is 1. The van der Waals surface area contributed by atoms with Crippen molar-refractivity contribution in [3.05, 3.63) is 88.6 Å². The fourth-order valence-corrected chi connectivity index (χ4v) is 3.72. The van der Waals surface area contributed by atoms with Gasteiger partial charge in [0.15, 0.2) is 11.3 Å². The highest BCUT2D eigenvalue weighted by atomic mass is 79.9. The fourth-order valence-electron chi connectivity index (χ4n) is 3.46. The number of anilines is 1. The quantitative estimate of drug-likeness (QED) is 0.277. The van der Waals surface area contributed by atoms with Crippen molar-refractivity contribution in [3.63, 3.8) is 0 Å². The molecule has 7 heteroatoms. The lowest BCUT2D eigenvalue weighted by atomic mass is 10.1. The van der Waals surface area contributed by atoms with E-state index in [0.717, 1.165) is 21.2 Å². The van der Waals surface area contributed by atoms with Crippen molar-refractivity contribution in [2.45, 2.75) is 6.92 Å². The second-order valence-corrected chi connectivity index (χ2v) is 8.42. The molecule has 164 valence electrons. The number of carbonyl (C=O) groups excluding carboxylic acids is 1. The van der Waals surface area contributed by atoms with Crippen LogP contribution in [0.15, 0.2) is 86.1 Å². The van der Waals surface area contributed by atoms with Gasteiger partial charge in [-0.1, -0.05) is 34.1 Å². The van der Waals surface area contributed by atoms with Crippen LogP contribution in [-0.4, -0.2) is 18.0 Å². The summed E-state index contributed by atoms with van der Waals surface area (Å²) in [5.41, 5.74) is 4.56. The molecule has 2 aromatic heterocycles. The van der Waals surface area contributed by atoms with Crippen LogP contribution >= 0.6 is 15.9 Å². The summed E-state index contributed by atoms with van der Waals surface area (Å²) in [6.07, 6.45) is 0. The first-order valence-electron chi connectivity index (χ1n) is 10.2. The Bertz CT molecular complexity index is 1470. The number of aryl methyl sites for hydroxylation is 1. The van der Waals surface area contributed by atoms with Crippen LogP contribution in [-0.2, 0) is 0 Å².